The van der Waals surface area contributed by atoms with Crippen LogP contribution in [0.25, 0.3) is 0 Å². The van der Waals surface area contributed by atoms with Crippen molar-refractivity contribution in [3.8, 4) is 0 Å². The molecule has 0 radical (unpaired) electrons. The number of nitrogen functional groups attached to an aromatic ring is 1. The Morgan fingerprint density at radius 1 is 1.24 bits per heavy atom. The van der Waals surface area contributed by atoms with Crippen LogP contribution in [0.5, 0.6) is 0 Å². The van der Waals surface area contributed by atoms with Crippen LogP contribution in [0.1, 0.15) is 5.56 Å². The number of hydrogen-bond donors (Lipinski definition) is 2. The van der Waals surface area contributed by atoms with Crippen molar-refractivity contribution in [2.24, 2.45) is 0 Å². The van der Waals surface area contributed by atoms with Crippen LogP contribution < -0.4 is 10.5 Å². The van der Waals surface area contributed by atoms with Crippen LogP contribution in [-0.2, 0) is 15.8 Å². The smallest absolute Gasteiger partial charge is 0.237 e. The summed E-state index contributed by atoms with van der Waals surface area (Å²) in [5.41, 5.74) is 6.77. The molecule has 0 aliphatic rings. The number of anilines is 2. The van der Waals surface area contributed by atoms with Crippen molar-refractivity contribution in [2.45, 2.75) is 5.75 Å². The molecule has 0 aliphatic carbocycles. The topological polar surface area (TPSA) is 72.2 Å². The highest BCUT2D eigenvalue weighted by Gasteiger charge is 2.16. The van der Waals surface area contributed by atoms with E-state index in [9.17, 15) is 12.8 Å². The summed E-state index contributed by atoms with van der Waals surface area (Å²) in [5, 5.41) is -0.0252. The van der Waals surface area contributed by atoms with Crippen LogP contribution >= 0.6 is 27.5 Å². The number of rotatable bonds is 4. The van der Waals surface area contributed by atoms with E-state index in [1.807, 2.05) is 0 Å². The average molecular weight is 394 g/mol. The molecule has 0 saturated carbocycles. The number of sulfonamides is 1. The molecule has 21 heavy (non-hydrogen) atoms. The van der Waals surface area contributed by atoms with Gasteiger partial charge in [0.1, 0.15) is 5.82 Å². The molecule has 0 saturated heterocycles. The van der Waals surface area contributed by atoms with E-state index in [0.717, 1.165) is 12.1 Å². The Morgan fingerprint density at radius 3 is 2.43 bits per heavy atom. The SMILES string of the molecule is Nc1ccc(CS(=O)(=O)Nc2c(Cl)cc(F)cc2Br)cc1. The second-order valence-electron chi connectivity index (χ2n) is 4.35. The lowest BCUT2D eigenvalue weighted by atomic mass is 10.2. The van der Waals surface area contributed by atoms with Crippen LogP contribution in [0.2, 0.25) is 5.02 Å². The van der Waals surface area contributed by atoms with Crippen molar-refractivity contribution in [1.29, 1.82) is 0 Å². The van der Waals surface area contributed by atoms with E-state index in [2.05, 4.69) is 20.7 Å². The zero-order valence-electron chi connectivity index (χ0n) is 10.6. The van der Waals surface area contributed by atoms with Crippen molar-refractivity contribution in [2.75, 3.05) is 10.5 Å². The molecule has 2 aromatic carbocycles. The van der Waals surface area contributed by atoms with E-state index in [-0.39, 0.29) is 20.9 Å². The number of halogens is 3. The Labute approximate surface area is 135 Å². The first-order chi connectivity index (χ1) is 9.77. The molecule has 112 valence electrons. The summed E-state index contributed by atoms with van der Waals surface area (Å²) < 4.78 is 39.9. The number of nitrogens with one attached hydrogen (secondary N) is 1. The molecule has 2 rings (SSSR count). The molecule has 0 atom stereocenters. The van der Waals surface area contributed by atoms with Gasteiger partial charge in [-0.05, 0) is 45.8 Å². The Morgan fingerprint density at radius 2 is 1.86 bits per heavy atom. The Bertz CT molecular complexity index is 743. The van der Waals surface area contributed by atoms with Crippen LogP contribution in [-0.4, -0.2) is 8.42 Å². The van der Waals surface area contributed by atoms with Gasteiger partial charge in [-0.3, -0.25) is 4.72 Å². The van der Waals surface area contributed by atoms with Crippen molar-refractivity contribution >= 4 is 48.9 Å². The minimum atomic E-state index is -3.69. The van der Waals surface area contributed by atoms with Crippen molar-refractivity contribution < 1.29 is 12.8 Å². The van der Waals surface area contributed by atoms with Gasteiger partial charge in [0.15, 0.2) is 0 Å². The zero-order valence-corrected chi connectivity index (χ0v) is 13.8. The van der Waals surface area contributed by atoms with Crippen molar-refractivity contribution in [3.63, 3.8) is 0 Å². The summed E-state index contributed by atoms with van der Waals surface area (Å²) in [6.45, 7) is 0. The Kier molecular flexibility index (Phi) is 4.75. The van der Waals surface area contributed by atoms with Gasteiger partial charge in [0.2, 0.25) is 10.0 Å². The van der Waals surface area contributed by atoms with Crippen LogP contribution in [0.3, 0.4) is 0 Å². The van der Waals surface area contributed by atoms with E-state index in [1.165, 1.54) is 0 Å². The third kappa shape index (κ3) is 4.33. The molecule has 0 aliphatic heterocycles. The highest BCUT2D eigenvalue weighted by atomic mass is 79.9. The largest absolute Gasteiger partial charge is 0.399 e. The third-order valence-corrected chi connectivity index (χ3v) is 4.75. The minimum absolute atomic E-state index is 0.0252. The van der Waals surface area contributed by atoms with Crippen molar-refractivity contribution in [1.82, 2.24) is 0 Å². The first kappa shape index (κ1) is 16.1. The molecular weight excluding hydrogens is 383 g/mol. The monoisotopic (exact) mass is 392 g/mol. The Balaban J connectivity index is 2.24. The molecule has 0 aromatic heterocycles. The summed E-state index contributed by atoms with van der Waals surface area (Å²) in [6, 6.07) is 8.64. The fourth-order valence-corrected chi connectivity index (χ4v) is 3.99. The van der Waals surface area contributed by atoms with Gasteiger partial charge in [-0.25, -0.2) is 12.8 Å². The predicted octanol–water partition coefficient (Wildman–Crippen LogP) is 3.77. The quantitative estimate of drug-likeness (QED) is 0.777. The maximum absolute atomic E-state index is 13.1. The normalized spacial score (nSPS) is 11.4. The lowest BCUT2D eigenvalue weighted by molar-refractivity contribution is 0.600. The van der Waals surface area contributed by atoms with E-state index in [4.69, 9.17) is 17.3 Å². The summed E-state index contributed by atoms with van der Waals surface area (Å²) >= 11 is 8.93. The van der Waals surface area contributed by atoms with Gasteiger partial charge in [0, 0.05) is 10.2 Å². The highest BCUT2D eigenvalue weighted by Crippen LogP contribution is 2.32. The standard InChI is InChI=1S/C13H11BrClFN2O2S/c14-11-5-9(16)6-12(15)13(11)18-21(19,20)7-8-1-3-10(17)4-2-8/h1-6,18H,7,17H2. The molecule has 0 fully saturated rings. The third-order valence-electron chi connectivity index (χ3n) is 2.60. The first-order valence-corrected chi connectivity index (χ1v) is 8.58. The molecule has 0 unspecified atom stereocenters. The zero-order chi connectivity index (χ0) is 15.6. The lowest BCUT2D eigenvalue weighted by Crippen LogP contribution is -2.16. The highest BCUT2D eigenvalue weighted by molar-refractivity contribution is 9.10. The predicted molar refractivity (Wildman–Crippen MR) is 86.2 cm³/mol. The van der Waals surface area contributed by atoms with E-state index < -0.39 is 15.8 Å². The molecule has 0 amide bonds. The van der Waals surface area contributed by atoms with Gasteiger partial charge in [0.05, 0.1) is 16.5 Å². The fraction of sp³-hybridized carbons (Fsp3) is 0.0769. The van der Waals surface area contributed by atoms with Gasteiger partial charge < -0.3 is 5.73 Å². The molecular formula is C13H11BrClFN2O2S. The maximum atomic E-state index is 13.1. The van der Waals surface area contributed by atoms with Gasteiger partial charge in [-0.15, -0.1) is 0 Å². The number of nitrogens with two attached hydrogens (primary N) is 1. The van der Waals surface area contributed by atoms with Crippen LogP contribution in [0.15, 0.2) is 40.9 Å². The molecule has 3 N–H and O–H groups in total. The summed E-state index contributed by atoms with van der Waals surface area (Å²) in [7, 11) is -3.69. The fourth-order valence-electron chi connectivity index (χ4n) is 1.66. The van der Waals surface area contributed by atoms with Gasteiger partial charge in [0.25, 0.3) is 0 Å². The molecule has 4 nitrogen and oxygen atoms in total. The van der Waals surface area contributed by atoms with Gasteiger partial charge in [-0.1, -0.05) is 23.7 Å². The lowest BCUT2D eigenvalue weighted by Gasteiger charge is -2.12. The molecule has 2 aromatic rings. The van der Waals surface area contributed by atoms with Gasteiger partial charge >= 0.3 is 0 Å². The van der Waals surface area contributed by atoms with E-state index >= 15 is 0 Å². The molecule has 0 heterocycles. The summed E-state index contributed by atoms with van der Waals surface area (Å²) in [6.07, 6.45) is 0. The average Bonchev–Trinajstić information content (AvgIpc) is 2.36. The maximum Gasteiger partial charge on any atom is 0.237 e. The molecule has 0 spiro atoms. The van der Waals surface area contributed by atoms with Crippen molar-refractivity contribution in [3.05, 3.63) is 57.3 Å². The van der Waals surface area contributed by atoms with Gasteiger partial charge in [-0.2, -0.15) is 0 Å². The minimum Gasteiger partial charge on any atom is -0.399 e. The summed E-state index contributed by atoms with van der Waals surface area (Å²) in [4.78, 5) is 0. The molecule has 8 heteroatoms. The van der Waals surface area contributed by atoms with E-state index in [0.29, 0.717) is 11.3 Å². The van der Waals surface area contributed by atoms with E-state index in [1.54, 1.807) is 24.3 Å². The first-order valence-electron chi connectivity index (χ1n) is 5.76. The van der Waals surface area contributed by atoms with Crippen LogP contribution in [0.4, 0.5) is 15.8 Å². The summed E-state index contributed by atoms with van der Waals surface area (Å²) in [5.74, 6) is -0.804. The Hall–Kier alpha value is -1.31. The van der Waals surface area contributed by atoms with Crippen LogP contribution in [0, 0.1) is 5.82 Å². The molecule has 0 bridgehead atoms. The number of hydrogen-bond acceptors (Lipinski definition) is 3. The second-order valence-corrected chi connectivity index (χ2v) is 7.33. The number of benzene rings is 2. The second kappa shape index (κ2) is 6.21.